The molecule has 2 saturated heterocycles. The normalized spacial score (nSPS) is 39.8. The number of rotatable bonds is 0. The monoisotopic (exact) mass is 192 g/mol. The molecule has 0 radical (unpaired) electrons. The third-order valence-electron chi connectivity index (χ3n) is 2.56. The number of hydrogen-bond acceptors (Lipinski definition) is 2. The van der Waals surface area contributed by atoms with E-state index in [1.54, 1.807) is 0 Å². The van der Waals surface area contributed by atoms with Gasteiger partial charge in [-0.15, -0.1) is 0 Å². The molecule has 0 aromatic heterocycles. The van der Waals surface area contributed by atoms with Crippen molar-refractivity contribution in [1.29, 1.82) is 0 Å². The Bertz CT molecular complexity index is 188. The minimum atomic E-state index is -0.265. The van der Waals surface area contributed by atoms with Crippen molar-refractivity contribution in [2.24, 2.45) is 0 Å². The number of aliphatic hydroxyl groups is 1. The van der Waals surface area contributed by atoms with Crippen LogP contribution < -0.4 is 22.6 Å². The lowest BCUT2D eigenvalue weighted by atomic mass is 10.1. The van der Waals surface area contributed by atoms with E-state index in [2.05, 4.69) is 5.32 Å². The van der Waals surface area contributed by atoms with Gasteiger partial charge in [0.15, 0.2) is 6.04 Å². The molecule has 2 aliphatic heterocycles. The number of halogens is 1. The lowest BCUT2D eigenvalue weighted by molar-refractivity contribution is -0.905. The zero-order valence-electron chi connectivity index (χ0n) is 6.72. The third kappa shape index (κ3) is 1.55. The summed E-state index contributed by atoms with van der Waals surface area (Å²) in [5, 5.41) is 12.1. The minimum Gasteiger partial charge on any atom is -1.00 e. The fraction of sp³-hybridized carbons (Fsp3) is 0.857. The predicted octanol–water partition coefficient (Wildman–Crippen LogP) is -5.86. The standard InChI is InChI=1S/C7H12N2O2.ClH/c10-5-3-6-7(11)8-1-2-9(6)4-5;/h5-6,10H,1-4H2,(H,8,11);1H. The molecule has 0 aliphatic carbocycles. The SMILES string of the molecule is O=C1NCC[NH+]2CC(O)CC12.[Cl-]. The highest BCUT2D eigenvalue weighted by molar-refractivity contribution is 5.81. The van der Waals surface area contributed by atoms with Crippen molar-refractivity contribution in [3.63, 3.8) is 0 Å². The van der Waals surface area contributed by atoms with Gasteiger partial charge in [-0.25, -0.2) is 0 Å². The Hall–Kier alpha value is -0.320. The van der Waals surface area contributed by atoms with E-state index in [-0.39, 0.29) is 30.5 Å². The van der Waals surface area contributed by atoms with E-state index in [4.69, 9.17) is 0 Å². The summed E-state index contributed by atoms with van der Waals surface area (Å²) in [4.78, 5) is 12.4. The number of nitrogens with one attached hydrogen (secondary N) is 2. The van der Waals surface area contributed by atoms with Gasteiger partial charge in [0.05, 0.1) is 13.1 Å². The van der Waals surface area contributed by atoms with Crippen LogP contribution in [0.25, 0.3) is 0 Å². The first kappa shape index (κ1) is 9.77. The van der Waals surface area contributed by atoms with E-state index in [1.165, 1.54) is 4.90 Å². The summed E-state index contributed by atoms with van der Waals surface area (Å²) < 4.78 is 0. The summed E-state index contributed by atoms with van der Waals surface area (Å²) in [6.45, 7) is 2.48. The summed E-state index contributed by atoms with van der Waals surface area (Å²) in [5.74, 6) is 0.114. The molecule has 5 heteroatoms. The largest absolute Gasteiger partial charge is 1.00 e. The van der Waals surface area contributed by atoms with E-state index < -0.39 is 0 Å². The molecule has 4 nitrogen and oxygen atoms in total. The number of hydrogen-bond donors (Lipinski definition) is 3. The molecular formula is C7H13ClN2O2. The van der Waals surface area contributed by atoms with Crippen molar-refractivity contribution in [3.8, 4) is 0 Å². The number of carbonyl (C=O) groups is 1. The number of piperazine rings is 1. The van der Waals surface area contributed by atoms with E-state index >= 15 is 0 Å². The average Bonchev–Trinajstić information content (AvgIpc) is 2.31. The maximum Gasteiger partial charge on any atom is 0.278 e. The molecule has 0 bridgehead atoms. The zero-order chi connectivity index (χ0) is 7.84. The number of carbonyl (C=O) groups excluding carboxylic acids is 1. The second-order valence-corrected chi connectivity index (χ2v) is 3.35. The second kappa shape index (κ2) is 3.60. The molecule has 3 unspecified atom stereocenters. The van der Waals surface area contributed by atoms with Gasteiger partial charge in [0, 0.05) is 6.42 Å². The molecule has 3 atom stereocenters. The van der Waals surface area contributed by atoms with Crippen LogP contribution in [0.4, 0.5) is 0 Å². The highest BCUT2D eigenvalue weighted by Gasteiger charge is 2.41. The summed E-state index contributed by atoms with van der Waals surface area (Å²) >= 11 is 0. The smallest absolute Gasteiger partial charge is 0.278 e. The highest BCUT2D eigenvalue weighted by Crippen LogP contribution is 2.02. The topological polar surface area (TPSA) is 53.8 Å². The number of amides is 1. The Kier molecular flexibility index (Phi) is 2.93. The molecule has 1 amide bonds. The van der Waals surface area contributed by atoms with Gasteiger partial charge in [0.2, 0.25) is 0 Å². The highest BCUT2D eigenvalue weighted by atomic mass is 35.5. The van der Waals surface area contributed by atoms with Crippen molar-refractivity contribution in [2.45, 2.75) is 18.6 Å². The van der Waals surface area contributed by atoms with Crippen LogP contribution in [0.2, 0.25) is 0 Å². The van der Waals surface area contributed by atoms with Crippen LogP contribution in [0.1, 0.15) is 6.42 Å². The van der Waals surface area contributed by atoms with Gasteiger partial charge in [-0.05, 0) is 0 Å². The Morgan fingerprint density at radius 1 is 1.58 bits per heavy atom. The maximum atomic E-state index is 11.2. The lowest BCUT2D eigenvalue weighted by Crippen LogP contribution is -3.17. The van der Waals surface area contributed by atoms with Crippen molar-refractivity contribution >= 4 is 5.91 Å². The van der Waals surface area contributed by atoms with E-state index in [0.717, 1.165) is 19.6 Å². The Labute approximate surface area is 77.3 Å². The number of quaternary nitrogens is 1. The molecule has 2 rings (SSSR count). The fourth-order valence-electron chi connectivity index (χ4n) is 2.01. The third-order valence-corrected chi connectivity index (χ3v) is 2.56. The summed E-state index contributed by atoms with van der Waals surface area (Å²) in [6, 6.07) is 0.0266. The Morgan fingerprint density at radius 2 is 2.33 bits per heavy atom. The van der Waals surface area contributed by atoms with Crippen LogP contribution in [-0.4, -0.2) is 42.8 Å². The average molecular weight is 193 g/mol. The summed E-state index contributed by atoms with van der Waals surface area (Å²) in [6.07, 6.45) is 0.375. The van der Waals surface area contributed by atoms with Crippen molar-refractivity contribution in [1.82, 2.24) is 5.32 Å². The van der Waals surface area contributed by atoms with Crippen LogP contribution in [0.15, 0.2) is 0 Å². The first-order chi connectivity index (χ1) is 5.27. The maximum absolute atomic E-state index is 11.2. The van der Waals surface area contributed by atoms with E-state index in [1.807, 2.05) is 0 Å². The van der Waals surface area contributed by atoms with Gasteiger partial charge in [-0.3, -0.25) is 4.79 Å². The lowest BCUT2D eigenvalue weighted by Gasteiger charge is -2.25. The molecule has 2 aliphatic rings. The van der Waals surface area contributed by atoms with Crippen molar-refractivity contribution in [3.05, 3.63) is 0 Å². The molecule has 0 saturated carbocycles. The molecule has 3 N–H and O–H groups in total. The molecule has 0 aromatic carbocycles. The van der Waals surface area contributed by atoms with Crippen LogP contribution >= 0.6 is 0 Å². The van der Waals surface area contributed by atoms with Gasteiger partial charge in [-0.2, -0.15) is 0 Å². The van der Waals surface area contributed by atoms with Crippen LogP contribution in [0, 0.1) is 0 Å². The number of fused-ring (bicyclic) bond motifs is 1. The minimum absolute atomic E-state index is 0. The quantitative estimate of drug-likeness (QED) is 0.358. The van der Waals surface area contributed by atoms with Gasteiger partial charge >= 0.3 is 0 Å². The first-order valence-electron chi connectivity index (χ1n) is 4.08. The molecular weight excluding hydrogens is 180 g/mol. The van der Waals surface area contributed by atoms with E-state index in [0.29, 0.717) is 6.42 Å². The molecule has 70 valence electrons. The van der Waals surface area contributed by atoms with Gasteiger partial charge in [0.1, 0.15) is 12.6 Å². The molecule has 2 fully saturated rings. The second-order valence-electron chi connectivity index (χ2n) is 3.35. The molecule has 2 heterocycles. The molecule has 0 spiro atoms. The first-order valence-corrected chi connectivity index (χ1v) is 4.08. The Balaban J connectivity index is 0.000000720. The van der Waals surface area contributed by atoms with E-state index in [9.17, 15) is 9.90 Å². The summed E-state index contributed by atoms with van der Waals surface area (Å²) in [7, 11) is 0. The van der Waals surface area contributed by atoms with Crippen LogP contribution in [0.3, 0.4) is 0 Å². The predicted molar refractivity (Wildman–Crippen MR) is 38.1 cm³/mol. The van der Waals surface area contributed by atoms with Crippen LogP contribution in [0.5, 0.6) is 0 Å². The van der Waals surface area contributed by atoms with Crippen molar-refractivity contribution in [2.75, 3.05) is 19.6 Å². The van der Waals surface area contributed by atoms with Gasteiger partial charge < -0.3 is 27.7 Å². The van der Waals surface area contributed by atoms with Gasteiger partial charge in [0.25, 0.3) is 5.91 Å². The zero-order valence-corrected chi connectivity index (χ0v) is 7.47. The van der Waals surface area contributed by atoms with Crippen LogP contribution in [-0.2, 0) is 4.79 Å². The molecule has 0 aromatic rings. The summed E-state index contributed by atoms with van der Waals surface area (Å²) in [5.41, 5.74) is 0. The fourth-order valence-corrected chi connectivity index (χ4v) is 2.01. The van der Waals surface area contributed by atoms with Gasteiger partial charge in [-0.1, -0.05) is 0 Å². The Morgan fingerprint density at radius 3 is 3.00 bits per heavy atom. The molecule has 12 heavy (non-hydrogen) atoms. The number of aliphatic hydroxyl groups excluding tert-OH is 1. The van der Waals surface area contributed by atoms with Crippen molar-refractivity contribution < 1.29 is 27.2 Å².